The van der Waals surface area contributed by atoms with Crippen molar-refractivity contribution >= 4 is 0 Å². The number of aryl methyl sites for hydroxylation is 1. The van der Waals surface area contributed by atoms with E-state index in [1.54, 1.807) is 7.11 Å². The molecule has 0 aromatic heterocycles. The number of ether oxygens (including phenoxy) is 1. The Morgan fingerprint density at radius 1 is 1.25 bits per heavy atom. The third-order valence-electron chi connectivity index (χ3n) is 2.96. The topological polar surface area (TPSA) is 47.3 Å². The van der Waals surface area contributed by atoms with E-state index in [1.165, 1.54) is 11.1 Å². The van der Waals surface area contributed by atoms with E-state index in [1.807, 2.05) is 12.1 Å². The van der Waals surface area contributed by atoms with Gasteiger partial charge in [-0.05, 0) is 24.0 Å². The van der Waals surface area contributed by atoms with Crippen LogP contribution in [0, 0.1) is 12.8 Å². The molecule has 90 valence electrons. The number of hydrogen-bond acceptors (Lipinski definition) is 3. The molecule has 3 N–H and O–H groups in total. The molecule has 0 radical (unpaired) electrons. The van der Waals surface area contributed by atoms with Gasteiger partial charge in [0.1, 0.15) is 0 Å². The summed E-state index contributed by atoms with van der Waals surface area (Å²) in [5, 5.41) is 0. The van der Waals surface area contributed by atoms with Gasteiger partial charge in [0.05, 0.1) is 12.1 Å². The molecule has 2 atom stereocenters. The van der Waals surface area contributed by atoms with E-state index in [0.717, 1.165) is 0 Å². The predicted molar refractivity (Wildman–Crippen MR) is 66.9 cm³/mol. The number of methoxy groups -OCH3 is 1. The summed E-state index contributed by atoms with van der Waals surface area (Å²) in [6.45, 7) is 6.36. The van der Waals surface area contributed by atoms with Crippen molar-refractivity contribution in [1.29, 1.82) is 0 Å². The smallest absolute Gasteiger partial charge is 0.0801 e. The number of benzene rings is 1. The Bertz CT molecular complexity index is 325. The van der Waals surface area contributed by atoms with E-state index in [4.69, 9.17) is 10.6 Å². The fourth-order valence-corrected chi connectivity index (χ4v) is 2.09. The lowest BCUT2D eigenvalue weighted by Gasteiger charge is -2.29. The Hall–Kier alpha value is -0.900. The minimum atomic E-state index is 0.0335. The Kier molecular flexibility index (Phi) is 4.93. The van der Waals surface area contributed by atoms with Crippen LogP contribution in [0.4, 0.5) is 0 Å². The number of rotatable bonds is 5. The lowest BCUT2D eigenvalue weighted by Crippen LogP contribution is -2.40. The van der Waals surface area contributed by atoms with Crippen LogP contribution in [0.1, 0.15) is 31.0 Å². The molecule has 3 nitrogen and oxygen atoms in total. The molecule has 1 rings (SSSR count). The fourth-order valence-electron chi connectivity index (χ4n) is 2.09. The third kappa shape index (κ3) is 2.82. The summed E-state index contributed by atoms with van der Waals surface area (Å²) in [6.07, 6.45) is 0.0751. The molecule has 0 aliphatic rings. The summed E-state index contributed by atoms with van der Waals surface area (Å²) in [6, 6.07) is 8.27. The minimum absolute atomic E-state index is 0.0335. The first kappa shape index (κ1) is 13.2. The Morgan fingerprint density at radius 2 is 1.88 bits per heavy atom. The molecule has 0 saturated carbocycles. The molecule has 1 aromatic carbocycles. The number of hydrogen-bond donors (Lipinski definition) is 2. The molecule has 3 heteroatoms. The van der Waals surface area contributed by atoms with Crippen LogP contribution in [0.2, 0.25) is 0 Å². The van der Waals surface area contributed by atoms with Crippen LogP contribution in [0.3, 0.4) is 0 Å². The molecular weight excluding hydrogens is 200 g/mol. The van der Waals surface area contributed by atoms with Crippen LogP contribution in [0.5, 0.6) is 0 Å². The van der Waals surface area contributed by atoms with Crippen LogP contribution < -0.4 is 11.3 Å². The van der Waals surface area contributed by atoms with Crippen LogP contribution in [-0.4, -0.2) is 13.2 Å². The van der Waals surface area contributed by atoms with Gasteiger partial charge in [0.15, 0.2) is 0 Å². The third-order valence-corrected chi connectivity index (χ3v) is 2.96. The van der Waals surface area contributed by atoms with Crippen LogP contribution in [0.15, 0.2) is 24.3 Å². The summed E-state index contributed by atoms with van der Waals surface area (Å²) in [7, 11) is 1.73. The van der Waals surface area contributed by atoms with Crippen molar-refractivity contribution in [2.75, 3.05) is 7.11 Å². The summed E-state index contributed by atoms with van der Waals surface area (Å²) in [5.74, 6) is 6.07. The molecule has 0 amide bonds. The van der Waals surface area contributed by atoms with Crippen molar-refractivity contribution in [2.45, 2.75) is 32.9 Å². The second-order valence-electron chi connectivity index (χ2n) is 4.45. The highest BCUT2D eigenvalue weighted by Gasteiger charge is 2.25. The van der Waals surface area contributed by atoms with Gasteiger partial charge < -0.3 is 4.74 Å². The molecule has 2 unspecified atom stereocenters. The maximum atomic E-state index is 5.66. The van der Waals surface area contributed by atoms with Crippen molar-refractivity contribution in [3.8, 4) is 0 Å². The molecule has 16 heavy (non-hydrogen) atoms. The lowest BCUT2D eigenvalue weighted by atomic mass is 9.91. The molecule has 1 aromatic rings. The second-order valence-corrected chi connectivity index (χ2v) is 4.45. The highest BCUT2D eigenvalue weighted by Crippen LogP contribution is 2.25. The molecular formula is C13H22N2O. The Balaban J connectivity index is 3.02. The van der Waals surface area contributed by atoms with Gasteiger partial charge in [0.25, 0.3) is 0 Å². The zero-order valence-corrected chi connectivity index (χ0v) is 10.5. The lowest BCUT2D eigenvalue weighted by molar-refractivity contribution is 0.0324. The standard InChI is InChI=1S/C13H22N2O/c1-9(2)13(16-4)12(15-14)11-8-6-5-7-10(11)3/h5-9,12-13,15H,14H2,1-4H3. The number of hydrazine groups is 1. The second kappa shape index (κ2) is 5.99. The molecule has 0 saturated heterocycles. The summed E-state index contributed by atoms with van der Waals surface area (Å²) < 4.78 is 5.53. The van der Waals surface area contributed by atoms with E-state index >= 15 is 0 Å². The van der Waals surface area contributed by atoms with Gasteiger partial charge in [0.2, 0.25) is 0 Å². The predicted octanol–water partition coefficient (Wildman–Crippen LogP) is 2.17. The average molecular weight is 222 g/mol. The minimum Gasteiger partial charge on any atom is -0.379 e. The number of nitrogens with one attached hydrogen (secondary N) is 1. The molecule has 0 fully saturated rings. The summed E-state index contributed by atoms with van der Waals surface area (Å²) >= 11 is 0. The van der Waals surface area contributed by atoms with Crippen LogP contribution in [-0.2, 0) is 4.74 Å². The maximum absolute atomic E-state index is 5.66. The van der Waals surface area contributed by atoms with Gasteiger partial charge in [-0.1, -0.05) is 38.1 Å². The Morgan fingerprint density at radius 3 is 2.31 bits per heavy atom. The maximum Gasteiger partial charge on any atom is 0.0801 e. The van der Waals surface area contributed by atoms with Crippen molar-refractivity contribution in [2.24, 2.45) is 11.8 Å². The van der Waals surface area contributed by atoms with E-state index < -0.39 is 0 Å². The van der Waals surface area contributed by atoms with E-state index in [-0.39, 0.29) is 12.1 Å². The van der Waals surface area contributed by atoms with Crippen molar-refractivity contribution in [3.05, 3.63) is 35.4 Å². The molecule has 0 heterocycles. The molecule has 0 spiro atoms. The molecule has 0 aliphatic heterocycles. The van der Waals surface area contributed by atoms with E-state index in [0.29, 0.717) is 5.92 Å². The Labute approximate surface area is 98.0 Å². The van der Waals surface area contributed by atoms with Gasteiger partial charge in [0, 0.05) is 7.11 Å². The van der Waals surface area contributed by atoms with Crippen LogP contribution >= 0.6 is 0 Å². The molecule has 0 bridgehead atoms. The highest BCUT2D eigenvalue weighted by atomic mass is 16.5. The average Bonchev–Trinajstić information content (AvgIpc) is 2.26. The zero-order valence-electron chi connectivity index (χ0n) is 10.5. The van der Waals surface area contributed by atoms with Crippen molar-refractivity contribution in [3.63, 3.8) is 0 Å². The first-order valence-corrected chi connectivity index (χ1v) is 5.66. The number of nitrogens with two attached hydrogens (primary N) is 1. The summed E-state index contributed by atoms with van der Waals surface area (Å²) in [5.41, 5.74) is 5.30. The fraction of sp³-hybridized carbons (Fsp3) is 0.538. The monoisotopic (exact) mass is 222 g/mol. The van der Waals surface area contributed by atoms with E-state index in [9.17, 15) is 0 Å². The van der Waals surface area contributed by atoms with Gasteiger partial charge in [-0.25, -0.2) is 0 Å². The zero-order chi connectivity index (χ0) is 12.1. The van der Waals surface area contributed by atoms with Gasteiger partial charge >= 0.3 is 0 Å². The quantitative estimate of drug-likeness (QED) is 0.593. The van der Waals surface area contributed by atoms with Crippen molar-refractivity contribution < 1.29 is 4.74 Å². The van der Waals surface area contributed by atoms with E-state index in [2.05, 4.69) is 38.3 Å². The SMILES string of the molecule is COC(C(C)C)C(NN)c1ccccc1C. The van der Waals surface area contributed by atoms with Gasteiger partial charge in [-0.15, -0.1) is 0 Å². The first-order valence-electron chi connectivity index (χ1n) is 5.66. The largest absolute Gasteiger partial charge is 0.379 e. The first-order chi connectivity index (χ1) is 7.61. The van der Waals surface area contributed by atoms with Crippen molar-refractivity contribution in [1.82, 2.24) is 5.43 Å². The normalized spacial score (nSPS) is 15.1. The summed E-state index contributed by atoms with van der Waals surface area (Å²) in [4.78, 5) is 0. The molecule has 0 aliphatic carbocycles. The van der Waals surface area contributed by atoms with Gasteiger partial charge in [-0.2, -0.15) is 0 Å². The highest BCUT2D eigenvalue weighted by molar-refractivity contribution is 5.29. The van der Waals surface area contributed by atoms with Gasteiger partial charge in [-0.3, -0.25) is 11.3 Å². The van der Waals surface area contributed by atoms with Crippen LogP contribution in [0.25, 0.3) is 0 Å².